The molecule has 0 aliphatic carbocycles. The first-order chi connectivity index (χ1) is 9.31. The maximum Gasteiger partial charge on any atom is 0.155 e. The Balaban J connectivity index is 1.66. The molecular formula is C15H18N4. The van der Waals surface area contributed by atoms with E-state index in [2.05, 4.69) is 51.3 Å². The van der Waals surface area contributed by atoms with E-state index in [0.717, 1.165) is 37.0 Å². The molecule has 1 N–H and O–H groups in total. The van der Waals surface area contributed by atoms with E-state index in [4.69, 9.17) is 0 Å². The van der Waals surface area contributed by atoms with Gasteiger partial charge in [-0.2, -0.15) is 0 Å². The van der Waals surface area contributed by atoms with Crippen molar-refractivity contribution in [2.45, 2.75) is 38.8 Å². The Morgan fingerprint density at radius 1 is 1.21 bits per heavy atom. The lowest BCUT2D eigenvalue weighted by atomic mass is 10.00. The quantitative estimate of drug-likeness (QED) is 0.850. The molecule has 0 saturated heterocycles. The van der Waals surface area contributed by atoms with Crippen molar-refractivity contribution in [2.75, 3.05) is 5.32 Å². The van der Waals surface area contributed by atoms with Gasteiger partial charge in [0.1, 0.15) is 5.82 Å². The van der Waals surface area contributed by atoms with Crippen molar-refractivity contribution in [3.8, 4) is 0 Å². The summed E-state index contributed by atoms with van der Waals surface area (Å²) in [4.78, 5) is 0. The number of benzene rings is 1. The van der Waals surface area contributed by atoms with Gasteiger partial charge >= 0.3 is 0 Å². The van der Waals surface area contributed by atoms with Gasteiger partial charge in [0.05, 0.1) is 6.04 Å². The lowest BCUT2D eigenvalue weighted by molar-refractivity contribution is 0.399. The van der Waals surface area contributed by atoms with Crippen molar-refractivity contribution < 1.29 is 0 Å². The summed E-state index contributed by atoms with van der Waals surface area (Å²) in [5.74, 6) is 3.00. The standard InChI is InChI=1S/C15H18N4/c1-10-6-7-19-14(8-10)17-18-15(19)13-9-11-4-2-3-5-12(11)16-13/h2-5,10,13,16H,6-9H2,1H3. The molecule has 4 rings (SSSR count). The molecule has 1 aromatic heterocycles. The van der Waals surface area contributed by atoms with Gasteiger partial charge in [0.15, 0.2) is 5.82 Å². The van der Waals surface area contributed by atoms with Crippen LogP contribution in [0.5, 0.6) is 0 Å². The molecule has 4 heteroatoms. The van der Waals surface area contributed by atoms with E-state index in [1.165, 1.54) is 17.7 Å². The predicted octanol–water partition coefficient (Wildman–Crippen LogP) is 2.57. The molecule has 2 aliphatic rings. The fourth-order valence-electron chi connectivity index (χ4n) is 3.22. The summed E-state index contributed by atoms with van der Waals surface area (Å²) in [6, 6.07) is 8.80. The molecule has 0 bridgehead atoms. The summed E-state index contributed by atoms with van der Waals surface area (Å²) in [5, 5.41) is 12.4. The SMILES string of the molecule is CC1CCn2c(nnc2C2Cc3ccccc3N2)C1. The summed E-state index contributed by atoms with van der Waals surface area (Å²) in [7, 11) is 0. The van der Waals surface area contributed by atoms with Crippen molar-refractivity contribution in [1.29, 1.82) is 0 Å². The van der Waals surface area contributed by atoms with Gasteiger partial charge in [-0.1, -0.05) is 25.1 Å². The number of hydrogen-bond acceptors (Lipinski definition) is 3. The van der Waals surface area contributed by atoms with Crippen LogP contribution in [0, 0.1) is 5.92 Å². The summed E-state index contributed by atoms with van der Waals surface area (Å²) >= 11 is 0. The Morgan fingerprint density at radius 2 is 2.11 bits per heavy atom. The number of nitrogens with one attached hydrogen (secondary N) is 1. The second-order valence-corrected chi connectivity index (χ2v) is 5.78. The monoisotopic (exact) mass is 254 g/mol. The van der Waals surface area contributed by atoms with Gasteiger partial charge in [0.25, 0.3) is 0 Å². The van der Waals surface area contributed by atoms with Gasteiger partial charge < -0.3 is 9.88 Å². The minimum Gasteiger partial charge on any atom is -0.375 e. The van der Waals surface area contributed by atoms with E-state index >= 15 is 0 Å². The second-order valence-electron chi connectivity index (χ2n) is 5.78. The molecule has 0 radical (unpaired) electrons. The Kier molecular flexibility index (Phi) is 2.37. The smallest absolute Gasteiger partial charge is 0.155 e. The van der Waals surface area contributed by atoms with Crippen LogP contribution in [0.2, 0.25) is 0 Å². The maximum atomic E-state index is 4.45. The molecule has 0 spiro atoms. The van der Waals surface area contributed by atoms with Crippen LogP contribution >= 0.6 is 0 Å². The molecule has 0 saturated carbocycles. The van der Waals surface area contributed by atoms with Crippen molar-refractivity contribution in [3.63, 3.8) is 0 Å². The highest BCUT2D eigenvalue weighted by atomic mass is 15.3. The molecule has 2 aromatic rings. The van der Waals surface area contributed by atoms with Crippen LogP contribution in [0.1, 0.15) is 36.6 Å². The Bertz CT molecular complexity index is 591. The van der Waals surface area contributed by atoms with Crippen molar-refractivity contribution in [1.82, 2.24) is 14.8 Å². The molecule has 98 valence electrons. The highest BCUT2D eigenvalue weighted by Crippen LogP contribution is 2.34. The number of fused-ring (bicyclic) bond motifs is 2. The molecule has 1 aromatic carbocycles. The third-order valence-corrected chi connectivity index (χ3v) is 4.32. The number of aromatic nitrogens is 3. The van der Waals surface area contributed by atoms with Gasteiger partial charge in [0, 0.05) is 25.1 Å². The van der Waals surface area contributed by atoms with E-state index in [9.17, 15) is 0 Å². The molecule has 0 fully saturated rings. The van der Waals surface area contributed by atoms with Crippen LogP contribution in [0.15, 0.2) is 24.3 Å². The average Bonchev–Trinajstić information content (AvgIpc) is 3.00. The van der Waals surface area contributed by atoms with Crippen LogP contribution in [0.4, 0.5) is 5.69 Å². The number of nitrogens with zero attached hydrogens (tertiary/aromatic N) is 3. The maximum absolute atomic E-state index is 4.45. The fourth-order valence-corrected chi connectivity index (χ4v) is 3.22. The highest BCUT2D eigenvalue weighted by Gasteiger charge is 2.29. The first kappa shape index (κ1) is 11.0. The topological polar surface area (TPSA) is 42.7 Å². The summed E-state index contributed by atoms with van der Waals surface area (Å²) in [5.41, 5.74) is 2.63. The highest BCUT2D eigenvalue weighted by molar-refractivity contribution is 5.57. The van der Waals surface area contributed by atoms with Gasteiger partial charge in [0.2, 0.25) is 0 Å². The Hall–Kier alpha value is -1.84. The summed E-state index contributed by atoms with van der Waals surface area (Å²) < 4.78 is 2.32. The van der Waals surface area contributed by atoms with Crippen molar-refractivity contribution in [2.24, 2.45) is 5.92 Å². The Labute approximate surface area is 112 Å². The van der Waals surface area contributed by atoms with Gasteiger partial charge in [-0.25, -0.2) is 0 Å². The zero-order valence-electron chi connectivity index (χ0n) is 11.1. The first-order valence-corrected chi connectivity index (χ1v) is 7.07. The van der Waals surface area contributed by atoms with Gasteiger partial charge in [-0.15, -0.1) is 10.2 Å². The first-order valence-electron chi connectivity index (χ1n) is 7.07. The number of rotatable bonds is 1. The third kappa shape index (κ3) is 1.74. The second kappa shape index (κ2) is 4.08. The minimum absolute atomic E-state index is 0.284. The molecule has 4 nitrogen and oxygen atoms in total. The minimum atomic E-state index is 0.284. The van der Waals surface area contributed by atoms with Gasteiger partial charge in [-0.05, 0) is 24.0 Å². The van der Waals surface area contributed by atoms with Crippen LogP contribution in [-0.2, 0) is 19.4 Å². The van der Waals surface area contributed by atoms with Crippen LogP contribution in [-0.4, -0.2) is 14.8 Å². The van der Waals surface area contributed by atoms with Crippen LogP contribution in [0.25, 0.3) is 0 Å². The lowest BCUT2D eigenvalue weighted by Gasteiger charge is -2.22. The molecular weight excluding hydrogens is 236 g/mol. The van der Waals surface area contributed by atoms with Crippen molar-refractivity contribution in [3.05, 3.63) is 41.5 Å². The molecule has 0 amide bonds. The zero-order chi connectivity index (χ0) is 12.8. The van der Waals surface area contributed by atoms with Crippen LogP contribution in [0.3, 0.4) is 0 Å². The average molecular weight is 254 g/mol. The van der Waals surface area contributed by atoms with E-state index in [1.807, 2.05) is 0 Å². The van der Waals surface area contributed by atoms with E-state index in [0.29, 0.717) is 0 Å². The predicted molar refractivity (Wildman–Crippen MR) is 74.0 cm³/mol. The lowest BCUT2D eigenvalue weighted by Crippen LogP contribution is -2.21. The van der Waals surface area contributed by atoms with Crippen molar-refractivity contribution >= 4 is 5.69 Å². The normalized spacial score (nSPS) is 24.7. The van der Waals surface area contributed by atoms with E-state index in [-0.39, 0.29) is 6.04 Å². The molecule has 2 atom stereocenters. The van der Waals surface area contributed by atoms with Gasteiger partial charge in [-0.3, -0.25) is 0 Å². The van der Waals surface area contributed by atoms with E-state index < -0.39 is 0 Å². The van der Waals surface area contributed by atoms with Crippen LogP contribution < -0.4 is 5.32 Å². The number of hydrogen-bond donors (Lipinski definition) is 1. The largest absolute Gasteiger partial charge is 0.375 e. The molecule has 2 unspecified atom stereocenters. The molecule has 2 aliphatic heterocycles. The summed E-state index contributed by atoms with van der Waals surface area (Å²) in [6.45, 7) is 3.36. The number of para-hydroxylation sites is 1. The Morgan fingerprint density at radius 3 is 3.00 bits per heavy atom. The number of anilines is 1. The fraction of sp³-hybridized carbons (Fsp3) is 0.467. The third-order valence-electron chi connectivity index (χ3n) is 4.32. The summed E-state index contributed by atoms with van der Waals surface area (Å²) in [6.07, 6.45) is 3.31. The van der Waals surface area contributed by atoms with E-state index in [1.54, 1.807) is 0 Å². The molecule has 19 heavy (non-hydrogen) atoms. The molecule has 3 heterocycles. The zero-order valence-corrected chi connectivity index (χ0v) is 11.1.